The molecule has 3 aromatic rings. The highest BCUT2D eigenvalue weighted by Gasteiger charge is 2.28. The third-order valence-electron chi connectivity index (χ3n) is 6.31. The van der Waals surface area contributed by atoms with Crippen molar-refractivity contribution in [1.29, 1.82) is 0 Å². The third-order valence-corrected chi connectivity index (χ3v) is 7.34. The van der Waals surface area contributed by atoms with E-state index in [1.807, 2.05) is 47.5 Å². The largest absolute Gasteiger partial charge is 0.385 e. The van der Waals surface area contributed by atoms with Crippen molar-refractivity contribution >= 4 is 34.3 Å². The number of thioether (sulfide) groups is 1. The lowest BCUT2D eigenvalue weighted by atomic mass is 9.94. The lowest BCUT2D eigenvalue weighted by molar-refractivity contribution is -0.131. The monoisotopic (exact) mass is 457 g/mol. The second-order valence-corrected chi connectivity index (χ2v) is 9.75. The fourth-order valence-electron chi connectivity index (χ4n) is 4.52. The standard InChI is InChI=1S/C23H31N5O3S/c1-16(20(29)26(2)17-10-5-4-6-11-17)32-23-25-24-22-27(14-9-15-31-3)21(30)18-12-7-8-13-19(18)28(22)23/h7-8,12-13,16-17H,4-6,9-11,14-15H2,1-3H3. The first-order chi connectivity index (χ1) is 15.5. The number of benzene rings is 1. The molecule has 1 aromatic carbocycles. The number of amides is 1. The normalized spacial score (nSPS) is 16.0. The number of carbonyl (C=O) groups is 1. The molecular weight excluding hydrogens is 426 g/mol. The SMILES string of the molecule is COCCCn1c(=O)c2ccccc2n2c(SC(C)C(=O)N(C)C3CCCCC3)nnc12. The molecule has 9 heteroatoms. The Balaban J connectivity index is 1.67. The van der Waals surface area contributed by atoms with Gasteiger partial charge in [-0.2, -0.15) is 0 Å². The smallest absolute Gasteiger partial charge is 0.262 e. The summed E-state index contributed by atoms with van der Waals surface area (Å²) < 4.78 is 8.71. The van der Waals surface area contributed by atoms with E-state index < -0.39 is 0 Å². The van der Waals surface area contributed by atoms with Gasteiger partial charge in [0, 0.05) is 33.4 Å². The predicted molar refractivity (Wildman–Crippen MR) is 126 cm³/mol. The number of para-hydroxylation sites is 1. The zero-order chi connectivity index (χ0) is 22.7. The zero-order valence-electron chi connectivity index (χ0n) is 19.0. The molecule has 32 heavy (non-hydrogen) atoms. The van der Waals surface area contributed by atoms with Crippen LogP contribution in [0.2, 0.25) is 0 Å². The molecular formula is C23H31N5O3S. The van der Waals surface area contributed by atoms with E-state index >= 15 is 0 Å². The molecule has 1 fully saturated rings. The van der Waals surface area contributed by atoms with Crippen molar-refractivity contribution in [2.75, 3.05) is 20.8 Å². The second kappa shape index (κ2) is 10.0. The zero-order valence-corrected chi connectivity index (χ0v) is 19.8. The van der Waals surface area contributed by atoms with Gasteiger partial charge in [-0.15, -0.1) is 10.2 Å². The van der Waals surface area contributed by atoms with Gasteiger partial charge in [-0.3, -0.25) is 18.6 Å². The summed E-state index contributed by atoms with van der Waals surface area (Å²) in [7, 11) is 3.56. The third kappa shape index (κ3) is 4.41. The maximum Gasteiger partial charge on any atom is 0.262 e. The van der Waals surface area contributed by atoms with Crippen LogP contribution in [-0.2, 0) is 16.1 Å². The Morgan fingerprint density at radius 3 is 2.75 bits per heavy atom. The molecule has 0 aliphatic heterocycles. The van der Waals surface area contributed by atoms with Gasteiger partial charge < -0.3 is 9.64 Å². The second-order valence-electron chi connectivity index (χ2n) is 8.44. The van der Waals surface area contributed by atoms with Crippen LogP contribution in [0.15, 0.2) is 34.2 Å². The quantitative estimate of drug-likeness (QED) is 0.381. The summed E-state index contributed by atoms with van der Waals surface area (Å²) in [5.41, 5.74) is 0.664. The van der Waals surface area contributed by atoms with Crippen LogP contribution < -0.4 is 5.56 Å². The minimum absolute atomic E-state index is 0.0886. The highest BCUT2D eigenvalue weighted by Crippen LogP contribution is 2.28. The van der Waals surface area contributed by atoms with Gasteiger partial charge in [0.15, 0.2) is 5.16 Å². The molecule has 1 amide bonds. The first-order valence-corrected chi connectivity index (χ1v) is 12.2. The minimum Gasteiger partial charge on any atom is -0.385 e. The van der Waals surface area contributed by atoms with E-state index in [-0.39, 0.29) is 16.7 Å². The lowest BCUT2D eigenvalue weighted by Gasteiger charge is -2.32. The summed E-state index contributed by atoms with van der Waals surface area (Å²) in [6.45, 7) is 2.97. The number of hydrogen-bond acceptors (Lipinski definition) is 6. The number of rotatable bonds is 8. The van der Waals surface area contributed by atoms with Crippen LogP contribution in [0.3, 0.4) is 0 Å². The number of nitrogens with zero attached hydrogens (tertiary/aromatic N) is 5. The van der Waals surface area contributed by atoms with Crippen LogP contribution in [0, 0.1) is 0 Å². The van der Waals surface area contributed by atoms with Gasteiger partial charge in [0.25, 0.3) is 5.56 Å². The maximum absolute atomic E-state index is 13.1. The molecule has 172 valence electrons. The topological polar surface area (TPSA) is 81.7 Å². The molecule has 0 bridgehead atoms. The van der Waals surface area contributed by atoms with Gasteiger partial charge in [-0.1, -0.05) is 43.2 Å². The van der Waals surface area contributed by atoms with E-state index in [1.54, 1.807) is 11.7 Å². The number of fused-ring (bicyclic) bond motifs is 3. The van der Waals surface area contributed by atoms with Crippen LogP contribution in [-0.4, -0.2) is 62.0 Å². The van der Waals surface area contributed by atoms with Crippen molar-refractivity contribution in [1.82, 2.24) is 24.1 Å². The lowest BCUT2D eigenvalue weighted by Crippen LogP contribution is -2.42. The Kier molecular flexibility index (Phi) is 7.15. The average Bonchev–Trinajstić information content (AvgIpc) is 3.24. The van der Waals surface area contributed by atoms with Crippen LogP contribution in [0.5, 0.6) is 0 Å². The van der Waals surface area contributed by atoms with Gasteiger partial charge >= 0.3 is 0 Å². The average molecular weight is 458 g/mol. The highest BCUT2D eigenvalue weighted by atomic mass is 32.2. The van der Waals surface area contributed by atoms with Crippen molar-refractivity contribution in [3.63, 3.8) is 0 Å². The van der Waals surface area contributed by atoms with Crippen LogP contribution in [0.1, 0.15) is 45.4 Å². The molecule has 0 radical (unpaired) electrons. The molecule has 1 saturated carbocycles. The van der Waals surface area contributed by atoms with Gasteiger partial charge in [0.05, 0.1) is 16.2 Å². The van der Waals surface area contributed by atoms with Gasteiger partial charge in [-0.25, -0.2) is 0 Å². The van der Waals surface area contributed by atoms with E-state index in [0.29, 0.717) is 41.9 Å². The summed E-state index contributed by atoms with van der Waals surface area (Å²) in [6.07, 6.45) is 6.47. The molecule has 1 aliphatic carbocycles. The Morgan fingerprint density at radius 1 is 1.25 bits per heavy atom. The number of hydrogen-bond donors (Lipinski definition) is 0. The first-order valence-electron chi connectivity index (χ1n) is 11.3. The van der Waals surface area contributed by atoms with Crippen LogP contribution in [0.4, 0.5) is 0 Å². The summed E-state index contributed by atoms with van der Waals surface area (Å²) in [6, 6.07) is 7.80. The number of aromatic nitrogens is 4. The highest BCUT2D eigenvalue weighted by molar-refractivity contribution is 8.00. The number of aryl methyl sites for hydroxylation is 1. The molecule has 0 N–H and O–H groups in total. The van der Waals surface area contributed by atoms with Gasteiger partial charge in [-0.05, 0) is 38.3 Å². The Bertz CT molecular complexity index is 1150. The molecule has 1 unspecified atom stereocenters. The Morgan fingerprint density at radius 2 is 2.00 bits per heavy atom. The van der Waals surface area contributed by atoms with E-state index in [0.717, 1.165) is 18.4 Å². The Hall–Kier alpha value is -2.39. The van der Waals surface area contributed by atoms with Crippen LogP contribution in [0.25, 0.3) is 16.7 Å². The Labute approximate surface area is 191 Å². The van der Waals surface area contributed by atoms with Crippen molar-refractivity contribution in [3.8, 4) is 0 Å². The molecule has 0 spiro atoms. The molecule has 1 aliphatic rings. The first kappa shape index (κ1) is 22.8. The summed E-state index contributed by atoms with van der Waals surface area (Å²) in [4.78, 5) is 28.2. The summed E-state index contributed by atoms with van der Waals surface area (Å²) in [5, 5.41) is 9.65. The van der Waals surface area contributed by atoms with E-state index in [4.69, 9.17) is 4.74 Å². The fourth-order valence-corrected chi connectivity index (χ4v) is 5.48. The predicted octanol–water partition coefficient (Wildman–Crippen LogP) is 3.35. The molecule has 0 saturated heterocycles. The van der Waals surface area contributed by atoms with E-state index in [2.05, 4.69) is 10.2 Å². The number of methoxy groups -OCH3 is 1. The van der Waals surface area contributed by atoms with E-state index in [1.165, 1.54) is 31.0 Å². The van der Waals surface area contributed by atoms with Crippen molar-refractivity contribution < 1.29 is 9.53 Å². The van der Waals surface area contributed by atoms with Gasteiger partial charge in [0.2, 0.25) is 11.7 Å². The molecule has 1 atom stereocenters. The number of ether oxygens (including phenoxy) is 1. The fraction of sp³-hybridized carbons (Fsp3) is 0.565. The molecule has 4 rings (SSSR count). The van der Waals surface area contributed by atoms with Crippen molar-refractivity contribution in [2.45, 2.75) is 68.4 Å². The van der Waals surface area contributed by atoms with Gasteiger partial charge in [0.1, 0.15) is 0 Å². The molecule has 8 nitrogen and oxygen atoms in total. The van der Waals surface area contributed by atoms with Crippen molar-refractivity contribution in [2.24, 2.45) is 0 Å². The van der Waals surface area contributed by atoms with E-state index in [9.17, 15) is 9.59 Å². The molecule has 2 aromatic heterocycles. The summed E-state index contributed by atoms with van der Waals surface area (Å²) in [5.74, 6) is 0.601. The van der Waals surface area contributed by atoms with Crippen LogP contribution >= 0.6 is 11.8 Å². The minimum atomic E-state index is -0.304. The number of carbonyl (C=O) groups excluding carboxylic acids is 1. The maximum atomic E-state index is 13.1. The molecule has 2 heterocycles. The summed E-state index contributed by atoms with van der Waals surface area (Å²) >= 11 is 1.40. The van der Waals surface area contributed by atoms with Crippen molar-refractivity contribution in [3.05, 3.63) is 34.6 Å².